The molecule has 2 aromatic carbocycles. The van der Waals surface area contributed by atoms with Gasteiger partial charge in [-0.15, -0.1) is 0 Å². The maximum Gasteiger partial charge on any atom is 0.252 e. The van der Waals surface area contributed by atoms with Crippen molar-refractivity contribution < 1.29 is 55.0 Å². The van der Waals surface area contributed by atoms with Crippen molar-refractivity contribution in [2.45, 2.75) is 64.0 Å². The van der Waals surface area contributed by atoms with Gasteiger partial charge in [-0.2, -0.15) is 8.78 Å². The van der Waals surface area contributed by atoms with Gasteiger partial charge >= 0.3 is 0 Å². The Kier molecular flexibility index (Phi) is 18.4. The minimum absolute atomic E-state index is 0.00908. The summed E-state index contributed by atoms with van der Waals surface area (Å²) in [7, 11) is 0. The predicted molar refractivity (Wildman–Crippen MR) is 192 cm³/mol. The van der Waals surface area contributed by atoms with Crippen LogP contribution in [0.4, 0.5) is 26.3 Å². The van der Waals surface area contributed by atoms with E-state index in [9.17, 15) is 45.5 Å². The van der Waals surface area contributed by atoms with Gasteiger partial charge in [-0.25, -0.2) is 27.5 Å². The molecule has 56 heavy (non-hydrogen) atoms. The van der Waals surface area contributed by atoms with Crippen molar-refractivity contribution in [3.8, 4) is 11.5 Å². The molecule has 0 saturated heterocycles. The summed E-state index contributed by atoms with van der Waals surface area (Å²) < 4.78 is 90.9. The molecule has 0 aliphatic carbocycles. The zero-order valence-electron chi connectivity index (χ0n) is 30.3. The number of nitrogens with two attached hydrogens (primary N) is 1. The van der Waals surface area contributed by atoms with Gasteiger partial charge in [0.1, 0.15) is 13.2 Å². The summed E-state index contributed by atoms with van der Waals surface area (Å²) >= 11 is 0. The molecule has 300 valence electrons. The highest BCUT2D eigenvalue weighted by Crippen LogP contribution is 2.22. The van der Waals surface area contributed by atoms with Gasteiger partial charge in [-0.3, -0.25) is 19.2 Å². The molecule has 2 heterocycles. The minimum atomic E-state index is -0.981. The summed E-state index contributed by atoms with van der Waals surface area (Å²) in [4.78, 5) is 56.3. The summed E-state index contributed by atoms with van der Waals surface area (Å²) in [5, 5.41) is 5.03. The average Bonchev–Trinajstić information content (AvgIpc) is 3.17. The normalized spacial score (nSPS) is 11.7. The average molecular weight is 790 g/mol. The smallest absolute Gasteiger partial charge is 0.252 e. The van der Waals surface area contributed by atoms with Gasteiger partial charge in [-0.05, 0) is 68.6 Å². The van der Waals surface area contributed by atoms with E-state index in [4.69, 9.17) is 15.2 Å². The number of amides is 2. The van der Waals surface area contributed by atoms with Crippen LogP contribution >= 0.6 is 0 Å². The van der Waals surface area contributed by atoms with Crippen LogP contribution in [0.25, 0.3) is 0 Å². The van der Waals surface area contributed by atoms with E-state index in [2.05, 4.69) is 20.6 Å². The van der Waals surface area contributed by atoms with Crippen LogP contribution in [-0.4, -0.2) is 65.2 Å². The van der Waals surface area contributed by atoms with E-state index in [0.29, 0.717) is 32.2 Å². The first-order valence-electron chi connectivity index (χ1n) is 17.6. The van der Waals surface area contributed by atoms with E-state index < -0.39 is 95.3 Å². The first kappa shape index (κ1) is 44.6. The summed E-state index contributed by atoms with van der Waals surface area (Å²) in [6, 6.07) is 8.98. The number of unbranched alkanes of at least 4 members (excludes halogenated alkanes) is 3. The number of pyridine rings is 2. The lowest BCUT2D eigenvalue weighted by molar-refractivity contribution is -0.123. The van der Waals surface area contributed by atoms with Gasteiger partial charge in [0.05, 0.1) is 12.1 Å². The molecule has 4 N–H and O–H groups in total. The summed E-state index contributed by atoms with van der Waals surface area (Å²) in [5.41, 5.74) is 5.45. The van der Waals surface area contributed by atoms with Gasteiger partial charge in [0, 0.05) is 35.7 Å². The molecule has 0 fully saturated rings. The topological polar surface area (TPSA) is 163 Å². The molecule has 2 amide bonds. The number of nitrogens with zero attached hydrogens (tertiary/aromatic N) is 2. The van der Waals surface area contributed by atoms with Crippen LogP contribution in [-0.2, 0) is 9.59 Å². The fourth-order valence-electron chi connectivity index (χ4n) is 5.02. The molecule has 17 heteroatoms. The first-order chi connectivity index (χ1) is 26.8. The molecule has 0 saturated carbocycles. The number of carbonyl (C=O) groups excluding carboxylic acids is 4. The minimum Gasteiger partial charge on any atom is -0.480 e. The highest BCUT2D eigenvalue weighted by molar-refractivity contribution is 5.99. The van der Waals surface area contributed by atoms with Crippen LogP contribution in [0.3, 0.4) is 0 Å². The van der Waals surface area contributed by atoms with Gasteiger partial charge in [0.15, 0.2) is 46.3 Å². The van der Waals surface area contributed by atoms with Crippen molar-refractivity contribution in [3.63, 3.8) is 0 Å². The van der Waals surface area contributed by atoms with Crippen molar-refractivity contribution >= 4 is 23.4 Å². The highest BCUT2D eigenvalue weighted by Gasteiger charge is 2.25. The first-order valence-corrected chi connectivity index (χ1v) is 17.6. The number of halogens is 6. The monoisotopic (exact) mass is 789 g/mol. The lowest BCUT2D eigenvalue weighted by Crippen LogP contribution is -2.43. The van der Waals surface area contributed by atoms with E-state index >= 15 is 0 Å². The number of ether oxygens (including phenoxy) is 2. The largest absolute Gasteiger partial charge is 0.480 e. The fraction of sp³-hybridized carbons (Fsp3) is 0.333. The highest BCUT2D eigenvalue weighted by atomic mass is 19.2. The van der Waals surface area contributed by atoms with Crippen molar-refractivity contribution in [1.82, 2.24) is 20.6 Å². The predicted octanol–water partition coefficient (Wildman–Crippen LogP) is 6.20. The maximum absolute atomic E-state index is 13.6. The number of hydrogen-bond acceptors (Lipinski definition) is 9. The SMILES string of the molecule is CCCCC[C@H](NC(=O)c1ccnc(F)c1)C(=O)COc1c(F)cccc1F.NCCCC[C@H](NC(=O)c1ccnc(F)c1)C(=O)COc1c(F)cccc1F. The number of nitrogens with one attached hydrogen (secondary N) is 2. The Labute approximate surface area is 319 Å². The second-order valence-electron chi connectivity index (χ2n) is 12.2. The number of rotatable bonds is 20. The molecule has 0 aliphatic rings. The Morgan fingerprint density at radius 3 is 1.38 bits per heavy atom. The third-order valence-corrected chi connectivity index (χ3v) is 7.96. The van der Waals surface area contributed by atoms with Crippen LogP contribution < -0.4 is 25.8 Å². The Hall–Kier alpha value is -5.84. The Morgan fingerprint density at radius 1 is 0.625 bits per heavy atom. The van der Waals surface area contributed by atoms with Crippen molar-refractivity contribution in [3.05, 3.63) is 119 Å². The molecule has 0 radical (unpaired) electrons. The van der Waals surface area contributed by atoms with Crippen molar-refractivity contribution in [2.75, 3.05) is 19.8 Å². The zero-order valence-corrected chi connectivity index (χ0v) is 30.3. The van der Waals surface area contributed by atoms with E-state index in [1.54, 1.807) is 0 Å². The van der Waals surface area contributed by atoms with Gasteiger partial charge in [0.2, 0.25) is 11.9 Å². The maximum atomic E-state index is 13.6. The molecule has 11 nitrogen and oxygen atoms in total. The number of carbonyl (C=O) groups is 4. The third kappa shape index (κ3) is 14.4. The van der Waals surface area contributed by atoms with Gasteiger partial charge < -0.3 is 25.8 Å². The molecule has 0 unspecified atom stereocenters. The molecular formula is C39H41F6N5O6. The summed E-state index contributed by atoms with van der Waals surface area (Å²) in [6.45, 7) is 1.14. The van der Waals surface area contributed by atoms with E-state index in [1.165, 1.54) is 24.3 Å². The van der Waals surface area contributed by atoms with Crippen LogP contribution in [0, 0.1) is 35.2 Å². The van der Waals surface area contributed by atoms with E-state index in [1.807, 2.05) is 6.92 Å². The quantitative estimate of drug-likeness (QED) is 0.0538. The summed E-state index contributed by atoms with van der Waals surface area (Å²) in [6.07, 6.45) is 6.40. The molecule has 2 aromatic heterocycles. The number of benzene rings is 2. The van der Waals surface area contributed by atoms with E-state index in [-0.39, 0.29) is 17.5 Å². The number of aromatic nitrogens is 2. The van der Waals surface area contributed by atoms with Crippen LogP contribution in [0.5, 0.6) is 11.5 Å². The number of para-hydroxylation sites is 2. The fourth-order valence-corrected chi connectivity index (χ4v) is 5.02. The third-order valence-electron chi connectivity index (χ3n) is 7.96. The Balaban J connectivity index is 0.000000300. The Bertz CT molecular complexity index is 1760. The summed E-state index contributed by atoms with van der Waals surface area (Å²) in [5.74, 6) is -9.14. The lowest BCUT2D eigenvalue weighted by atomic mass is 10.0. The molecule has 4 aromatic rings. The molecular weight excluding hydrogens is 748 g/mol. The second kappa shape index (κ2) is 23.2. The number of hydrogen-bond donors (Lipinski definition) is 3. The second-order valence-corrected chi connectivity index (χ2v) is 12.2. The van der Waals surface area contributed by atoms with Crippen LogP contribution in [0.2, 0.25) is 0 Å². The standard InChI is InChI=1S/C20H21F3N2O3.C19H20F3N3O3/c1-2-3-4-8-16(25-20(27)13-9-10-24-18(23)11-13)17(26)12-28-19-14(21)6-5-7-15(19)22;20-13-4-3-5-14(21)18(13)28-11-16(26)15(6-1-2-8-23)25-19(27)12-7-9-24-17(22)10-12/h5-7,9-11,16H,2-4,8,12H2,1H3,(H,25,27);3-5,7,9-10,15H,1-2,6,8,11,23H2,(H,25,27)/t16-;15-/m00/s1. The van der Waals surface area contributed by atoms with Gasteiger partial charge in [0.25, 0.3) is 11.8 Å². The van der Waals surface area contributed by atoms with Crippen molar-refractivity contribution in [1.29, 1.82) is 0 Å². The Morgan fingerprint density at radius 2 is 1.02 bits per heavy atom. The van der Waals surface area contributed by atoms with Crippen molar-refractivity contribution in [2.24, 2.45) is 5.73 Å². The molecule has 0 spiro atoms. The number of Topliss-reactive ketones (excluding diaryl/α,β-unsaturated/α-hetero) is 2. The molecule has 2 atom stereocenters. The lowest BCUT2D eigenvalue weighted by Gasteiger charge is -2.18. The molecule has 0 aliphatic heterocycles. The van der Waals surface area contributed by atoms with Gasteiger partial charge in [-0.1, -0.05) is 38.3 Å². The number of ketones is 2. The molecule has 0 bridgehead atoms. The molecule has 4 rings (SSSR count). The van der Waals surface area contributed by atoms with Crippen LogP contribution in [0.1, 0.15) is 72.6 Å². The zero-order chi connectivity index (χ0) is 41.0. The van der Waals surface area contributed by atoms with Crippen LogP contribution in [0.15, 0.2) is 73.1 Å². The van der Waals surface area contributed by atoms with E-state index in [0.717, 1.165) is 61.6 Å².